The van der Waals surface area contributed by atoms with E-state index in [2.05, 4.69) is 109 Å². The molecule has 2 unspecified atom stereocenters. The Balaban J connectivity index is 2.01. The lowest BCUT2D eigenvalue weighted by Gasteiger charge is -2.33. The molecule has 2 aliphatic rings. The number of benzene rings is 2. The molecule has 4 rings (SSSR count). The van der Waals surface area contributed by atoms with Crippen molar-refractivity contribution >= 4 is 66.4 Å². The van der Waals surface area contributed by atoms with Gasteiger partial charge in [-0.05, 0) is 77.6 Å². The van der Waals surface area contributed by atoms with Gasteiger partial charge in [0.1, 0.15) is 0 Å². The molecule has 0 amide bonds. The monoisotopic (exact) mass is 581 g/mol. The van der Waals surface area contributed by atoms with Crippen molar-refractivity contribution in [1.29, 1.82) is 0 Å². The molecule has 0 aromatic heterocycles. The van der Waals surface area contributed by atoms with Crippen LogP contribution in [-0.4, -0.2) is 6.04 Å². The van der Waals surface area contributed by atoms with Crippen LogP contribution in [0.1, 0.15) is 58.6 Å². The van der Waals surface area contributed by atoms with Crippen molar-refractivity contribution in [3.63, 3.8) is 0 Å². The first-order valence-electron chi connectivity index (χ1n) is 10.5. The van der Waals surface area contributed by atoms with Gasteiger partial charge in [-0.1, -0.05) is 89.0 Å². The second-order valence-electron chi connectivity index (χ2n) is 10.5. The maximum Gasteiger partial charge on any atom is 0.0841 e. The molecule has 31 heavy (non-hydrogen) atoms. The predicted molar refractivity (Wildman–Crippen MR) is 142 cm³/mol. The number of nitrogens with zero attached hydrogens (tertiary/aromatic N) is 1. The number of anilines is 2. The van der Waals surface area contributed by atoms with E-state index in [0.717, 1.165) is 20.3 Å². The van der Waals surface area contributed by atoms with Gasteiger partial charge in [0.15, 0.2) is 0 Å². The zero-order chi connectivity index (χ0) is 22.9. The second-order valence-corrected chi connectivity index (χ2v) is 12.9. The van der Waals surface area contributed by atoms with Gasteiger partial charge in [0.05, 0.1) is 27.5 Å². The van der Waals surface area contributed by atoms with Gasteiger partial charge in [-0.2, -0.15) is 0 Å². The Morgan fingerprint density at radius 2 is 1.55 bits per heavy atom. The first-order valence-corrected chi connectivity index (χ1v) is 12.8. The third-order valence-corrected chi connectivity index (χ3v) is 8.22. The van der Waals surface area contributed by atoms with E-state index in [1.807, 2.05) is 12.1 Å². The Hall–Kier alpha value is -0.740. The molecule has 0 N–H and O–H groups in total. The molecule has 0 fully saturated rings. The summed E-state index contributed by atoms with van der Waals surface area (Å²) in [6.45, 7) is 13.6. The van der Waals surface area contributed by atoms with Gasteiger partial charge in [0.25, 0.3) is 0 Å². The third kappa shape index (κ3) is 4.05. The van der Waals surface area contributed by atoms with E-state index in [-0.39, 0.29) is 22.8 Å². The Morgan fingerprint density at radius 1 is 0.871 bits per heavy atom. The van der Waals surface area contributed by atoms with E-state index < -0.39 is 0 Å². The quantitative estimate of drug-likeness (QED) is 0.302. The first-order chi connectivity index (χ1) is 14.3. The highest BCUT2D eigenvalue weighted by atomic mass is 79.9. The molecule has 2 atom stereocenters. The molecule has 2 aromatic rings. The SMILES string of the molecule is CC(C)(C)C1=CC2c3cc(C(C)(C)C)cc(Br)c3N(c3c(Br)ccc(Cl)c3Cl)C2C=C1. The van der Waals surface area contributed by atoms with Crippen molar-refractivity contribution < 1.29 is 0 Å². The van der Waals surface area contributed by atoms with Crippen LogP contribution in [0.2, 0.25) is 10.0 Å². The summed E-state index contributed by atoms with van der Waals surface area (Å²) in [4.78, 5) is 2.33. The number of allylic oxidation sites excluding steroid dienone is 2. The molecule has 2 aromatic carbocycles. The maximum atomic E-state index is 6.78. The molecule has 1 heterocycles. The highest BCUT2D eigenvalue weighted by Gasteiger charge is 2.42. The normalized spacial score (nSPS) is 20.6. The highest BCUT2D eigenvalue weighted by Crippen LogP contribution is 2.56. The topological polar surface area (TPSA) is 3.24 Å². The molecule has 0 spiro atoms. The van der Waals surface area contributed by atoms with Crippen LogP contribution in [0.15, 0.2) is 57.0 Å². The minimum atomic E-state index is 0.0514. The summed E-state index contributed by atoms with van der Waals surface area (Å²) >= 11 is 20.9. The molecule has 1 aliphatic heterocycles. The van der Waals surface area contributed by atoms with Crippen LogP contribution in [0.3, 0.4) is 0 Å². The van der Waals surface area contributed by atoms with E-state index in [0.29, 0.717) is 10.0 Å². The van der Waals surface area contributed by atoms with Crippen LogP contribution in [0, 0.1) is 5.41 Å². The van der Waals surface area contributed by atoms with Gasteiger partial charge >= 0.3 is 0 Å². The summed E-state index contributed by atoms with van der Waals surface area (Å²) in [7, 11) is 0. The zero-order valence-electron chi connectivity index (χ0n) is 18.7. The molecule has 0 saturated heterocycles. The number of hydrogen-bond acceptors (Lipinski definition) is 1. The minimum absolute atomic E-state index is 0.0514. The van der Waals surface area contributed by atoms with Crippen molar-refractivity contribution in [2.45, 2.75) is 58.9 Å². The number of hydrogen-bond donors (Lipinski definition) is 0. The van der Waals surface area contributed by atoms with E-state index in [9.17, 15) is 0 Å². The number of halogens is 4. The Morgan fingerprint density at radius 3 is 2.16 bits per heavy atom. The summed E-state index contributed by atoms with van der Waals surface area (Å²) in [5, 5.41) is 1.12. The fourth-order valence-electron chi connectivity index (χ4n) is 4.40. The minimum Gasteiger partial charge on any atom is -0.330 e. The summed E-state index contributed by atoms with van der Waals surface area (Å²) in [6, 6.07) is 8.54. The van der Waals surface area contributed by atoms with Crippen LogP contribution in [0.5, 0.6) is 0 Å². The lowest BCUT2D eigenvalue weighted by atomic mass is 9.77. The number of rotatable bonds is 1. The molecular formula is C26H27Br2Cl2N. The largest absolute Gasteiger partial charge is 0.330 e. The van der Waals surface area contributed by atoms with Crippen molar-refractivity contribution in [2.24, 2.45) is 5.41 Å². The van der Waals surface area contributed by atoms with E-state index in [4.69, 9.17) is 23.2 Å². The molecule has 0 saturated carbocycles. The summed E-state index contributed by atoms with van der Waals surface area (Å²) < 4.78 is 2.01. The van der Waals surface area contributed by atoms with Gasteiger partial charge < -0.3 is 4.90 Å². The molecule has 1 aliphatic carbocycles. The van der Waals surface area contributed by atoms with Crippen molar-refractivity contribution in [2.75, 3.05) is 4.90 Å². The van der Waals surface area contributed by atoms with Crippen LogP contribution in [0.25, 0.3) is 0 Å². The van der Waals surface area contributed by atoms with Gasteiger partial charge in [-0.15, -0.1) is 0 Å². The van der Waals surface area contributed by atoms with Gasteiger partial charge in [0, 0.05) is 14.9 Å². The fraction of sp³-hybridized carbons (Fsp3) is 0.385. The van der Waals surface area contributed by atoms with Crippen molar-refractivity contribution in [1.82, 2.24) is 0 Å². The second kappa shape index (κ2) is 7.94. The Labute approximate surface area is 212 Å². The molecule has 0 radical (unpaired) electrons. The van der Waals surface area contributed by atoms with Crippen LogP contribution in [-0.2, 0) is 5.41 Å². The predicted octanol–water partition coefficient (Wildman–Crippen LogP) is 9.96. The summed E-state index contributed by atoms with van der Waals surface area (Å²) in [5.41, 5.74) is 6.19. The average Bonchev–Trinajstić information content (AvgIpc) is 2.98. The smallest absolute Gasteiger partial charge is 0.0841 e. The lowest BCUT2D eigenvalue weighted by Crippen LogP contribution is -2.30. The van der Waals surface area contributed by atoms with Crippen LogP contribution >= 0.6 is 55.1 Å². The lowest BCUT2D eigenvalue weighted by molar-refractivity contribution is 0.507. The van der Waals surface area contributed by atoms with Crippen LogP contribution < -0.4 is 4.90 Å². The zero-order valence-corrected chi connectivity index (χ0v) is 23.3. The van der Waals surface area contributed by atoms with Gasteiger partial charge in [-0.3, -0.25) is 0 Å². The van der Waals surface area contributed by atoms with E-state index >= 15 is 0 Å². The molecule has 5 heteroatoms. The Kier molecular flexibility index (Phi) is 6.00. The molecule has 1 nitrogen and oxygen atoms in total. The third-order valence-electron chi connectivity index (χ3n) is 6.18. The Bertz CT molecular complexity index is 1120. The number of fused-ring (bicyclic) bond motifs is 3. The molecule has 164 valence electrons. The van der Waals surface area contributed by atoms with Crippen molar-refractivity contribution in [3.8, 4) is 0 Å². The molecular weight excluding hydrogens is 557 g/mol. The summed E-state index contributed by atoms with van der Waals surface area (Å²) in [6.07, 6.45) is 7.03. The molecule has 0 bridgehead atoms. The van der Waals surface area contributed by atoms with Crippen molar-refractivity contribution in [3.05, 3.63) is 78.2 Å². The summed E-state index contributed by atoms with van der Waals surface area (Å²) in [5.74, 6) is 0.231. The average molecular weight is 584 g/mol. The van der Waals surface area contributed by atoms with E-state index in [1.165, 1.54) is 16.7 Å². The first kappa shape index (κ1) is 23.4. The highest BCUT2D eigenvalue weighted by molar-refractivity contribution is 9.11. The standard InChI is InChI=1S/C26H27Br2Cl2N/c1-25(2,3)14-7-10-21-16(11-14)17-12-15(26(4,5)6)13-19(28)23(17)31(21)24-18(27)8-9-20(29)22(24)30/h7-13,16,21H,1-6H3. The van der Waals surface area contributed by atoms with E-state index in [1.54, 1.807) is 0 Å². The fourth-order valence-corrected chi connectivity index (χ4v) is 6.11. The maximum absolute atomic E-state index is 6.78. The van der Waals surface area contributed by atoms with Crippen LogP contribution in [0.4, 0.5) is 11.4 Å². The van der Waals surface area contributed by atoms with Gasteiger partial charge in [0.2, 0.25) is 0 Å². The van der Waals surface area contributed by atoms with Gasteiger partial charge in [-0.25, -0.2) is 0 Å².